The molecule has 0 spiro atoms. The van der Waals surface area contributed by atoms with Crippen molar-refractivity contribution in [1.29, 1.82) is 0 Å². The number of carbonyl (C=O) groups is 1. The number of rotatable bonds is 5. The third kappa shape index (κ3) is 4.22. The molecule has 0 aliphatic carbocycles. The smallest absolute Gasteiger partial charge is 0.222 e. The molecular weight excluding hydrogens is 295 g/mol. The highest BCUT2D eigenvalue weighted by Gasteiger charge is 2.32. The zero-order valence-corrected chi connectivity index (χ0v) is 13.7. The van der Waals surface area contributed by atoms with Gasteiger partial charge in [-0.15, -0.1) is 0 Å². The number of hydrogen-bond donors (Lipinski definition) is 0. The second-order valence-corrected chi connectivity index (χ2v) is 6.78. The van der Waals surface area contributed by atoms with Crippen LogP contribution in [0.25, 0.3) is 0 Å². The van der Waals surface area contributed by atoms with E-state index < -0.39 is 0 Å². The van der Waals surface area contributed by atoms with Gasteiger partial charge in [0, 0.05) is 13.0 Å². The summed E-state index contributed by atoms with van der Waals surface area (Å²) in [6, 6.07) is 6.40. The lowest BCUT2D eigenvalue weighted by Crippen LogP contribution is -2.56. The maximum absolute atomic E-state index is 13.5. The Balaban J connectivity index is 1.37. The van der Waals surface area contributed by atoms with E-state index in [2.05, 4.69) is 11.9 Å². The number of hydrogen-bond acceptors (Lipinski definition) is 3. The zero-order chi connectivity index (χ0) is 16.2. The fourth-order valence-corrected chi connectivity index (χ4v) is 3.43. The van der Waals surface area contributed by atoms with Crippen LogP contribution in [0.4, 0.5) is 4.39 Å². The van der Waals surface area contributed by atoms with E-state index in [1.807, 2.05) is 4.90 Å². The van der Waals surface area contributed by atoms with Crippen molar-refractivity contribution < 1.29 is 13.9 Å². The SMILES string of the molecule is CN1CCC[C@@H](CCC(=O)N2CC(Oc3ccccc3F)C2)C1. The number of halogens is 1. The number of benzene rings is 1. The maximum Gasteiger partial charge on any atom is 0.222 e. The Bertz CT molecular complexity index is 546. The van der Waals surface area contributed by atoms with E-state index in [0.717, 1.165) is 13.0 Å². The third-order valence-corrected chi connectivity index (χ3v) is 4.82. The number of para-hydroxylation sites is 1. The van der Waals surface area contributed by atoms with Crippen LogP contribution in [0.2, 0.25) is 0 Å². The van der Waals surface area contributed by atoms with Gasteiger partial charge in [0.1, 0.15) is 6.10 Å². The lowest BCUT2D eigenvalue weighted by molar-refractivity contribution is -0.140. The van der Waals surface area contributed by atoms with Crippen molar-refractivity contribution in [3.05, 3.63) is 30.1 Å². The van der Waals surface area contributed by atoms with E-state index in [0.29, 0.717) is 25.4 Å². The standard InChI is InChI=1S/C18H25FN2O2/c1-20-10-4-5-14(11-20)8-9-18(22)21-12-15(13-21)23-17-7-3-2-6-16(17)19/h2-3,6-7,14-15H,4-5,8-13H2,1H3/t14-/m0/s1. The first-order valence-electron chi connectivity index (χ1n) is 8.49. The van der Waals surface area contributed by atoms with Crippen LogP contribution in [0.3, 0.4) is 0 Å². The minimum atomic E-state index is -0.348. The van der Waals surface area contributed by atoms with Gasteiger partial charge in [-0.1, -0.05) is 12.1 Å². The molecule has 0 radical (unpaired) electrons. The van der Waals surface area contributed by atoms with Crippen molar-refractivity contribution in [2.75, 3.05) is 33.2 Å². The van der Waals surface area contributed by atoms with Crippen molar-refractivity contribution in [3.63, 3.8) is 0 Å². The Hall–Kier alpha value is -1.62. The predicted molar refractivity (Wildman–Crippen MR) is 86.9 cm³/mol. The van der Waals surface area contributed by atoms with E-state index in [1.54, 1.807) is 18.2 Å². The van der Waals surface area contributed by atoms with Crippen LogP contribution in [0.1, 0.15) is 25.7 Å². The molecule has 23 heavy (non-hydrogen) atoms. The van der Waals surface area contributed by atoms with Gasteiger partial charge in [-0.2, -0.15) is 0 Å². The molecule has 0 aromatic heterocycles. The molecule has 2 saturated heterocycles. The molecule has 4 nitrogen and oxygen atoms in total. The maximum atomic E-state index is 13.5. The lowest BCUT2D eigenvalue weighted by atomic mass is 9.93. The molecule has 1 aromatic rings. The van der Waals surface area contributed by atoms with Gasteiger partial charge in [0.05, 0.1) is 13.1 Å². The van der Waals surface area contributed by atoms with Gasteiger partial charge >= 0.3 is 0 Å². The highest BCUT2D eigenvalue weighted by atomic mass is 19.1. The van der Waals surface area contributed by atoms with Gasteiger partial charge in [0.15, 0.2) is 11.6 Å². The summed E-state index contributed by atoms with van der Waals surface area (Å²) in [5.74, 6) is 0.768. The van der Waals surface area contributed by atoms with Gasteiger partial charge < -0.3 is 14.5 Å². The fourth-order valence-electron chi connectivity index (χ4n) is 3.43. The topological polar surface area (TPSA) is 32.8 Å². The van der Waals surface area contributed by atoms with E-state index >= 15 is 0 Å². The van der Waals surface area contributed by atoms with Gasteiger partial charge in [0.25, 0.3) is 0 Å². The number of nitrogens with zero attached hydrogens (tertiary/aromatic N) is 2. The van der Waals surface area contributed by atoms with Crippen molar-refractivity contribution in [3.8, 4) is 5.75 Å². The highest BCUT2D eigenvalue weighted by Crippen LogP contribution is 2.24. The molecular formula is C18H25FN2O2. The average molecular weight is 320 g/mol. The second-order valence-electron chi connectivity index (χ2n) is 6.78. The molecule has 3 rings (SSSR count). The number of carbonyl (C=O) groups excluding carboxylic acids is 1. The first-order valence-corrected chi connectivity index (χ1v) is 8.49. The Morgan fingerprint density at radius 1 is 1.30 bits per heavy atom. The van der Waals surface area contributed by atoms with Crippen molar-refractivity contribution >= 4 is 5.91 Å². The summed E-state index contributed by atoms with van der Waals surface area (Å²) in [6.45, 7) is 3.41. The zero-order valence-electron chi connectivity index (χ0n) is 13.7. The predicted octanol–water partition coefficient (Wildman–Crippen LogP) is 2.54. The van der Waals surface area contributed by atoms with Crippen molar-refractivity contribution in [2.24, 2.45) is 5.92 Å². The lowest BCUT2D eigenvalue weighted by Gasteiger charge is -2.39. The molecule has 0 bridgehead atoms. The number of ether oxygens (including phenoxy) is 1. The van der Waals surface area contributed by atoms with Crippen LogP contribution >= 0.6 is 0 Å². The summed E-state index contributed by atoms with van der Waals surface area (Å²) in [5, 5.41) is 0. The van der Waals surface area contributed by atoms with Gasteiger partial charge in [-0.25, -0.2) is 4.39 Å². The van der Waals surface area contributed by atoms with Crippen LogP contribution in [-0.4, -0.2) is 55.0 Å². The third-order valence-electron chi connectivity index (χ3n) is 4.82. The molecule has 1 amide bonds. The van der Waals surface area contributed by atoms with E-state index in [-0.39, 0.29) is 23.6 Å². The fraction of sp³-hybridized carbons (Fsp3) is 0.611. The van der Waals surface area contributed by atoms with E-state index in [9.17, 15) is 9.18 Å². The van der Waals surface area contributed by atoms with Crippen LogP contribution in [-0.2, 0) is 4.79 Å². The summed E-state index contributed by atoms with van der Waals surface area (Å²) in [7, 11) is 2.15. The molecule has 1 atom stereocenters. The van der Waals surface area contributed by atoms with E-state index in [1.165, 1.54) is 25.5 Å². The monoisotopic (exact) mass is 320 g/mol. The summed E-state index contributed by atoms with van der Waals surface area (Å²) in [5.41, 5.74) is 0. The van der Waals surface area contributed by atoms with Crippen LogP contribution in [0.5, 0.6) is 5.75 Å². The van der Waals surface area contributed by atoms with Crippen molar-refractivity contribution in [1.82, 2.24) is 9.80 Å². The molecule has 2 heterocycles. The number of amides is 1. The molecule has 0 unspecified atom stereocenters. The molecule has 2 fully saturated rings. The number of piperidine rings is 1. The summed E-state index contributed by atoms with van der Waals surface area (Å²) >= 11 is 0. The Kier molecular flexibility index (Phi) is 5.16. The van der Waals surface area contributed by atoms with Gasteiger partial charge in [-0.3, -0.25) is 4.79 Å². The summed E-state index contributed by atoms with van der Waals surface area (Å²) < 4.78 is 19.1. The van der Waals surface area contributed by atoms with Gasteiger partial charge in [-0.05, 0) is 50.9 Å². The highest BCUT2D eigenvalue weighted by molar-refractivity contribution is 5.77. The summed E-state index contributed by atoms with van der Waals surface area (Å²) in [6.07, 6.45) is 3.97. The van der Waals surface area contributed by atoms with E-state index in [4.69, 9.17) is 4.74 Å². The molecule has 2 aliphatic rings. The minimum absolute atomic E-state index is 0.0864. The Morgan fingerprint density at radius 3 is 2.83 bits per heavy atom. The molecule has 5 heteroatoms. The number of likely N-dealkylation sites (tertiary alicyclic amines) is 2. The Labute approximate surface area is 137 Å². The average Bonchev–Trinajstić information content (AvgIpc) is 2.50. The Morgan fingerprint density at radius 2 is 2.09 bits per heavy atom. The molecule has 0 saturated carbocycles. The largest absolute Gasteiger partial charge is 0.484 e. The normalized spacial score (nSPS) is 22.7. The minimum Gasteiger partial charge on any atom is -0.484 e. The van der Waals surface area contributed by atoms with Crippen molar-refractivity contribution in [2.45, 2.75) is 31.8 Å². The van der Waals surface area contributed by atoms with Crippen LogP contribution in [0, 0.1) is 11.7 Å². The first kappa shape index (κ1) is 16.2. The summed E-state index contributed by atoms with van der Waals surface area (Å²) in [4.78, 5) is 16.4. The molecule has 2 aliphatic heterocycles. The second kappa shape index (κ2) is 7.30. The van der Waals surface area contributed by atoms with Crippen LogP contribution in [0.15, 0.2) is 24.3 Å². The van der Waals surface area contributed by atoms with Crippen LogP contribution < -0.4 is 4.74 Å². The molecule has 1 aromatic carbocycles. The van der Waals surface area contributed by atoms with Gasteiger partial charge in [0.2, 0.25) is 5.91 Å². The quantitative estimate of drug-likeness (QED) is 0.836. The first-order chi connectivity index (χ1) is 11.1. The molecule has 0 N–H and O–H groups in total. The molecule has 126 valence electrons.